The van der Waals surface area contributed by atoms with Crippen molar-refractivity contribution in [3.63, 3.8) is 0 Å². The molecule has 0 unspecified atom stereocenters. The van der Waals surface area contributed by atoms with E-state index in [0.717, 1.165) is 98.5 Å². The minimum atomic E-state index is -0.0793. The molecule has 564 valence electrons. The number of allylic oxidation sites excluding steroid dienone is 2. The number of rotatable bonds is 8. The summed E-state index contributed by atoms with van der Waals surface area (Å²) in [4.78, 5) is 47.1. The van der Waals surface area contributed by atoms with Crippen molar-refractivity contribution in [2.45, 2.75) is 158 Å². The van der Waals surface area contributed by atoms with Gasteiger partial charge in [0.1, 0.15) is 0 Å². The Kier molecular flexibility index (Phi) is 35.1. The third-order valence-electron chi connectivity index (χ3n) is 18.1. The summed E-state index contributed by atoms with van der Waals surface area (Å²) < 4.78 is 0. The van der Waals surface area contributed by atoms with E-state index in [1.807, 2.05) is 110 Å². The minimum Gasteiger partial charge on any atom is -0.360 e. The van der Waals surface area contributed by atoms with Crippen LogP contribution in [-0.4, -0.2) is 59.9 Å². The van der Waals surface area contributed by atoms with Gasteiger partial charge in [0.15, 0.2) is 10.9 Å². The molecule has 18 aromatic rings. The van der Waals surface area contributed by atoms with Gasteiger partial charge >= 0.3 is 0 Å². The molecule has 0 saturated carbocycles. The van der Waals surface area contributed by atoms with Crippen LogP contribution < -0.4 is 21.3 Å². The Morgan fingerprint density at radius 3 is 0.755 bits per heavy atom. The van der Waals surface area contributed by atoms with E-state index in [4.69, 9.17) is 9.97 Å². The van der Waals surface area contributed by atoms with Crippen LogP contribution in [0.25, 0.3) is 89.5 Å². The monoisotopic (exact) mass is 1530 g/mol. The normalized spacial score (nSPS) is 11.5. The molecule has 0 amide bonds. The Bertz CT molecular complexity index is 4760. The Morgan fingerprint density at radius 1 is 0.330 bits per heavy atom. The summed E-state index contributed by atoms with van der Waals surface area (Å²) in [7, 11) is 0.759. The van der Waals surface area contributed by atoms with Gasteiger partial charge in [-0.15, -0.1) is 40.1 Å². The van der Waals surface area contributed by atoms with Gasteiger partial charge < -0.3 is 9.97 Å². The van der Waals surface area contributed by atoms with Crippen LogP contribution in [0.4, 0.5) is 0 Å². The van der Waals surface area contributed by atoms with Crippen LogP contribution >= 0.6 is 15.8 Å². The number of hydrogen-bond acceptors (Lipinski definition) is 4. The smallest absolute Gasteiger partial charge is 0.196 e. The van der Waals surface area contributed by atoms with Crippen LogP contribution in [0.1, 0.15) is 225 Å². The first-order chi connectivity index (χ1) is 49.4. The summed E-state index contributed by atoms with van der Waals surface area (Å²) in [6.45, 7) is 56.5. The zero-order valence-electron chi connectivity index (χ0n) is 67.1. The Morgan fingerprint density at radius 2 is 0.547 bits per heavy atom. The largest absolute Gasteiger partial charge is 0.360 e. The first kappa shape index (κ1) is 88.7. The van der Waals surface area contributed by atoms with Gasteiger partial charge in [-0.1, -0.05) is 184 Å². The van der Waals surface area contributed by atoms with Gasteiger partial charge in [-0.3, -0.25) is 19.6 Å². The van der Waals surface area contributed by atoms with Crippen molar-refractivity contribution in [3.8, 4) is 0 Å². The van der Waals surface area contributed by atoms with Crippen molar-refractivity contribution in [1.29, 1.82) is 0 Å². The summed E-state index contributed by atoms with van der Waals surface area (Å²) in [5.41, 5.74) is 16.2. The fraction of sp³-hybridized carbons (Fsp3) is 0.312. The minimum absolute atomic E-state index is 0. The van der Waals surface area contributed by atoms with Gasteiger partial charge in [-0.05, 0) is 248 Å². The Balaban J connectivity index is 0.000000724. The molecular formula is C96H116N4Ni2O2P2-2. The third-order valence-corrected chi connectivity index (χ3v) is 18.1. The van der Waals surface area contributed by atoms with E-state index in [1.54, 1.807) is 12.4 Å². The van der Waals surface area contributed by atoms with E-state index in [1.165, 1.54) is 22.3 Å². The molecule has 10 heteroatoms. The molecule has 0 atom stereocenters. The number of benzene rings is 8. The van der Waals surface area contributed by atoms with E-state index in [-0.39, 0.29) is 91.2 Å². The Labute approximate surface area is 657 Å². The molecule has 6 nitrogen and oxygen atoms in total. The molecule has 2 aliphatic rings. The van der Waals surface area contributed by atoms with Crippen LogP contribution in [0.15, 0.2) is 204 Å². The summed E-state index contributed by atoms with van der Waals surface area (Å²) >= 11 is 0. The topological polar surface area (TPSA) is 91.5 Å². The van der Waals surface area contributed by atoms with Gasteiger partial charge in [0.2, 0.25) is 0 Å². The van der Waals surface area contributed by atoms with Gasteiger partial charge in [-0.2, -0.15) is 49.2 Å². The fourth-order valence-electron chi connectivity index (χ4n) is 12.6. The van der Waals surface area contributed by atoms with Crippen LogP contribution in [0, 0.1) is 13.8 Å². The molecule has 0 saturated heterocycles. The summed E-state index contributed by atoms with van der Waals surface area (Å²) in [6.07, 6.45) is 18.8. The molecule has 10 heterocycles. The van der Waals surface area contributed by atoms with Crippen molar-refractivity contribution >= 4 is 105 Å². The quantitative estimate of drug-likeness (QED) is 0.0901. The second-order valence-corrected chi connectivity index (χ2v) is 36.0. The van der Waals surface area contributed by atoms with Crippen LogP contribution in [0.5, 0.6) is 0 Å². The van der Waals surface area contributed by atoms with E-state index in [9.17, 15) is 9.59 Å². The maximum Gasteiger partial charge on any atom is 0.196 e. The van der Waals surface area contributed by atoms with Gasteiger partial charge in [0.05, 0.1) is 11.0 Å². The molecule has 2 N–H and O–H groups in total. The molecule has 20 rings (SSSR count). The zero-order valence-corrected chi connectivity index (χ0v) is 70.8. The van der Waals surface area contributed by atoms with Gasteiger partial charge in [-0.25, -0.2) is 0 Å². The van der Waals surface area contributed by atoms with Crippen molar-refractivity contribution in [1.82, 2.24) is 19.9 Å². The third kappa shape index (κ3) is 24.0. The van der Waals surface area contributed by atoms with E-state index < -0.39 is 0 Å². The van der Waals surface area contributed by atoms with Crippen LogP contribution in [0.3, 0.4) is 0 Å². The maximum atomic E-state index is 14.6. The molecule has 0 spiro atoms. The second-order valence-electron chi connectivity index (χ2n) is 30.7. The molecular weight excluding hydrogens is 1420 g/mol. The molecule has 8 aromatic carbocycles. The molecule has 0 radical (unpaired) electrons. The average Bonchev–Trinajstić information content (AvgIpc) is 0.774. The summed E-state index contributed by atoms with van der Waals surface area (Å²) in [6, 6.07) is 55.7. The summed E-state index contributed by atoms with van der Waals surface area (Å²) in [5.74, 6) is 1.28. The standard InChI is InChI=1S/C76H84N4O2.2C7H7.2C3H9P.2Ni/c1-43(2)63-31-55-32-64(44(3)4)71(63)77-39-51-23-21-24-52(75(51)81)40-78-73-67(47(9)10)35-57(36-68(73)48(11)12)61-29-19-20-30-62(61)58-37-69(49(13)14)74(70(38-58)50(15)16)80-42-54-26-22-25-53(76(54)82)41-79-72-65(45(5)6)33-56(34-66(72)46(7)8)60-28-18-17-27-59(55)60;2*1-7-5-3-2-4-6-7;2*1-4(2)3;;/h17-50,77,80H,1-16H3;2*2-6H,1H2;2*1-3H3;;/q;2*-1;;;;. The second kappa shape index (κ2) is 42.0. The maximum absolute atomic E-state index is 14.6. The number of hydrogen-bond donors (Lipinski definition) is 2. The molecule has 12 bridgehead atoms. The van der Waals surface area contributed by atoms with Crippen molar-refractivity contribution in [3.05, 3.63) is 306 Å². The van der Waals surface area contributed by atoms with Gasteiger partial charge in [0.25, 0.3) is 0 Å². The molecule has 2 aliphatic carbocycles. The van der Waals surface area contributed by atoms with Crippen molar-refractivity contribution < 1.29 is 33.0 Å². The van der Waals surface area contributed by atoms with Crippen molar-refractivity contribution in [2.24, 2.45) is 0 Å². The zero-order chi connectivity index (χ0) is 76.2. The first-order valence-electron chi connectivity index (χ1n) is 37.1. The number of H-pyrrole nitrogens is 2. The SMILES string of the molecule is CC(C)c1cc2cc(C(C)C)c1ncc1c(=O)c(c[nH]c3c(C(C)C)cc(cc3C(C)C)c3ccccc3c3cc(C(C)C)c(ncc4c(=O)c(c[nH]c5c(C(C)C)cc(cc5C(C)C)c5ccccc25)C=CC=4)c(C(C)C)c3)C=CC=1.CP(C)C.CP(C)C.[CH2-]c1ccccc1.[CH2-]c1ccccc1.[Ni].[Ni]. The number of nitrogens with zero attached hydrogens (tertiary/aromatic N) is 2. The fourth-order valence-corrected chi connectivity index (χ4v) is 12.6. The van der Waals surface area contributed by atoms with Crippen molar-refractivity contribution in [2.75, 3.05) is 40.0 Å². The molecule has 0 fully saturated rings. The van der Waals surface area contributed by atoms with Crippen LogP contribution in [-0.2, 0) is 33.0 Å². The number of aromatic nitrogens is 4. The Hall–Kier alpha value is -7.93. The molecule has 106 heavy (non-hydrogen) atoms. The molecule has 0 aliphatic heterocycles. The predicted molar refractivity (Wildman–Crippen MR) is 467 cm³/mol. The van der Waals surface area contributed by atoms with E-state index >= 15 is 0 Å². The van der Waals surface area contributed by atoms with Gasteiger partial charge in [0, 0.05) is 90.4 Å². The van der Waals surface area contributed by atoms with Crippen LogP contribution in [0.2, 0.25) is 0 Å². The van der Waals surface area contributed by atoms with E-state index in [2.05, 4.69) is 272 Å². The number of nitrogens with one attached hydrogen (secondary N) is 2. The predicted octanol–water partition coefficient (Wildman–Crippen LogP) is 25.4. The molecule has 10 aromatic heterocycles. The van der Waals surface area contributed by atoms with E-state index in [0.29, 0.717) is 37.4 Å². The number of aromatic amines is 2. The average molecular weight is 1540 g/mol. The first-order valence-corrected chi connectivity index (χ1v) is 42.5. The summed E-state index contributed by atoms with van der Waals surface area (Å²) in [5, 5.41) is 10.2.